The molecule has 2 aromatic rings. The van der Waals surface area contributed by atoms with E-state index < -0.39 is 0 Å². The molecule has 0 saturated carbocycles. The molecule has 3 nitrogen and oxygen atoms in total. The lowest BCUT2D eigenvalue weighted by molar-refractivity contribution is 0.280. The number of methoxy groups -OCH3 is 1. The second kappa shape index (κ2) is 10.5. The summed E-state index contributed by atoms with van der Waals surface area (Å²) < 4.78 is 24.7. The highest BCUT2D eigenvalue weighted by molar-refractivity contribution is 6.31. The smallest absolute Gasteiger partial charge is 0.166 e. The Morgan fingerprint density at radius 2 is 2.04 bits per heavy atom. The molecule has 5 heteroatoms. The third-order valence-corrected chi connectivity index (χ3v) is 5.34. The molecule has 150 valence electrons. The van der Waals surface area contributed by atoms with Gasteiger partial charge in [0.15, 0.2) is 11.5 Å². The van der Waals surface area contributed by atoms with Crippen LogP contribution in [0.4, 0.5) is 4.39 Å². The first-order valence-electron chi connectivity index (χ1n) is 9.78. The molecule has 0 heterocycles. The molecule has 0 fully saturated rings. The van der Waals surface area contributed by atoms with Crippen LogP contribution in [0.25, 0.3) is 0 Å². The van der Waals surface area contributed by atoms with Gasteiger partial charge >= 0.3 is 0 Å². The van der Waals surface area contributed by atoms with Gasteiger partial charge in [0.1, 0.15) is 12.4 Å². The molecule has 0 amide bonds. The third-order valence-electron chi connectivity index (χ3n) is 4.99. The zero-order valence-electron chi connectivity index (χ0n) is 16.3. The molecule has 0 atom stereocenters. The number of hydrogen-bond acceptors (Lipinski definition) is 3. The summed E-state index contributed by atoms with van der Waals surface area (Å²) in [6, 6.07) is 10.2. The lowest BCUT2D eigenvalue weighted by Crippen LogP contribution is -2.16. The summed E-state index contributed by atoms with van der Waals surface area (Å²) >= 11 is 6.12. The monoisotopic (exact) mass is 403 g/mol. The molecule has 0 unspecified atom stereocenters. The minimum Gasteiger partial charge on any atom is -0.493 e. The zero-order valence-corrected chi connectivity index (χ0v) is 17.0. The number of rotatable bonds is 9. The fourth-order valence-corrected chi connectivity index (χ4v) is 3.64. The second-order valence-corrected chi connectivity index (χ2v) is 7.42. The van der Waals surface area contributed by atoms with Crippen LogP contribution in [0.5, 0.6) is 11.5 Å². The summed E-state index contributed by atoms with van der Waals surface area (Å²) in [5.74, 6) is 1.01. The van der Waals surface area contributed by atoms with E-state index in [2.05, 4.69) is 11.4 Å². The lowest BCUT2D eigenvalue weighted by Gasteiger charge is -2.17. The Kier molecular flexibility index (Phi) is 7.75. The normalized spacial score (nSPS) is 13.9. The summed E-state index contributed by atoms with van der Waals surface area (Å²) in [6.45, 7) is 1.88. The summed E-state index contributed by atoms with van der Waals surface area (Å²) in [5.41, 5.74) is 3.32. The van der Waals surface area contributed by atoms with Crippen molar-refractivity contribution in [2.24, 2.45) is 0 Å². The molecule has 0 spiro atoms. The molecule has 28 heavy (non-hydrogen) atoms. The molecule has 2 aromatic carbocycles. The third kappa shape index (κ3) is 5.73. The fraction of sp³-hybridized carbons (Fsp3) is 0.391. The number of nitrogens with one attached hydrogen (secondary N) is 1. The molecule has 1 N–H and O–H groups in total. The van der Waals surface area contributed by atoms with E-state index in [4.69, 9.17) is 21.1 Å². The Morgan fingerprint density at radius 3 is 2.79 bits per heavy atom. The molecular weight excluding hydrogens is 377 g/mol. The van der Waals surface area contributed by atoms with Gasteiger partial charge in [-0.25, -0.2) is 4.39 Å². The van der Waals surface area contributed by atoms with E-state index in [9.17, 15) is 4.39 Å². The Labute approximate surface area is 171 Å². The van der Waals surface area contributed by atoms with Crippen LogP contribution in [0.1, 0.15) is 43.2 Å². The van der Waals surface area contributed by atoms with Crippen molar-refractivity contribution < 1.29 is 13.9 Å². The van der Waals surface area contributed by atoms with Gasteiger partial charge in [0, 0.05) is 17.7 Å². The van der Waals surface area contributed by atoms with E-state index in [1.165, 1.54) is 37.8 Å². The van der Waals surface area contributed by atoms with E-state index in [1.54, 1.807) is 18.7 Å². The van der Waals surface area contributed by atoms with Crippen LogP contribution in [0.15, 0.2) is 48.0 Å². The van der Waals surface area contributed by atoms with Crippen LogP contribution in [0, 0.1) is 5.82 Å². The minimum atomic E-state index is -0.357. The fourth-order valence-electron chi connectivity index (χ4n) is 3.42. The lowest BCUT2D eigenvalue weighted by atomic mass is 9.97. The summed E-state index contributed by atoms with van der Waals surface area (Å²) in [6.07, 6.45) is 8.55. The molecule has 1 aliphatic carbocycles. The molecule has 1 aliphatic rings. The number of halogens is 2. The van der Waals surface area contributed by atoms with Crippen molar-refractivity contribution in [3.63, 3.8) is 0 Å². The maximum Gasteiger partial charge on any atom is 0.166 e. The zero-order chi connectivity index (χ0) is 19.8. The first kappa shape index (κ1) is 20.7. The predicted molar refractivity (Wildman–Crippen MR) is 112 cm³/mol. The number of para-hydroxylation sites is 1. The van der Waals surface area contributed by atoms with E-state index in [-0.39, 0.29) is 12.4 Å². The maximum absolute atomic E-state index is 13.2. The van der Waals surface area contributed by atoms with Gasteiger partial charge in [-0.05, 0) is 56.8 Å². The van der Waals surface area contributed by atoms with Gasteiger partial charge in [-0.3, -0.25) is 0 Å². The predicted octanol–water partition coefficient (Wildman–Crippen LogP) is 6.05. The first-order valence-corrected chi connectivity index (χ1v) is 10.2. The van der Waals surface area contributed by atoms with Gasteiger partial charge < -0.3 is 14.8 Å². The van der Waals surface area contributed by atoms with E-state index in [0.29, 0.717) is 23.1 Å². The number of ether oxygens (including phenoxy) is 2. The van der Waals surface area contributed by atoms with E-state index in [1.807, 2.05) is 18.2 Å². The minimum absolute atomic E-state index is 0.249. The van der Waals surface area contributed by atoms with Crippen LogP contribution < -0.4 is 14.8 Å². The van der Waals surface area contributed by atoms with Crippen molar-refractivity contribution in [2.75, 3.05) is 13.7 Å². The van der Waals surface area contributed by atoms with Gasteiger partial charge in [0.2, 0.25) is 0 Å². The molecule has 0 saturated heterocycles. The molecular formula is C23H27ClFNO2. The average molecular weight is 404 g/mol. The standard InChI is InChI=1S/C23H27ClFNO2/c1-27-22-9-5-8-18(15-26-13-12-17-6-3-2-4-7-17)23(22)28-16-19-10-11-20(25)14-21(19)24/h5-6,8-11,14,26H,2-4,7,12-13,15-16H2,1H3. The van der Waals surface area contributed by atoms with Gasteiger partial charge in [0.05, 0.1) is 12.1 Å². The van der Waals surface area contributed by atoms with Gasteiger partial charge in [-0.1, -0.05) is 41.4 Å². The van der Waals surface area contributed by atoms with Gasteiger partial charge in [-0.2, -0.15) is 0 Å². The molecule has 0 aromatic heterocycles. The highest BCUT2D eigenvalue weighted by atomic mass is 35.5. The number of allylic oxidation sites excluding steroid dienone is 1. The average Bonchev–Trinajstić information content (AvgIpc) is 2.71. The highest BCUT2D eigenvalue weighted by Gasteiger charge is 2.12. The Hall–Kier alpha value is -2.04. The van der Waals surface area contributed by atoms with Crippen molar-refractivity contribution in [3.8, 4) is 11.5 Å². The summed E-state index contributed by atoms with van der Waals surface area (Å²) in [4.78, 5) is 0. The van der Waals surface area contributed by atoms with Gasteiger partial charge in [-0.15, -0.1) is 0 Å². The quantitative estimate of drug-likeness (QED) is 0.408. The van der Waals surface area contributed by atoms with Crippen LogP contribution in [0.3, 0.4) is 0 Å². The van der Waals surface area contributed by atoms with Crippen LogP contribution in [-0.2, 0) is 13.2 Å². The summed E-state index contributed by atoms with van der Waals surface area (Å²) in [5, 5.41) is 3.86. The van der Waals surface area contributed by atoms with E-state index >= 15 is 0 Å². The molecule has 3 rings (SSSR count). The topological polar surface area (TPSA) is 30.5 Å². The highest BCUT2D eigenvalue weighted by Crippen LogP contribution is 2.32. The largest absolute Gasteiger partial charge is 0.493 e. The number of benzene rings is 2. The van der Waals surface area contributed by atoms with Crippen molar-refractivity contribution >= 4 is 11.6 Å². The van der Waals surface area contributed by atoms with Crippen molar-refractivity contribution in [2.45, 2.75) is 45.3 Å². The van der Waals surface area contributed by atoms with Crippen molar-refractivity contribution in [3.05, 3.63) is 70.0 Å². The molecule has 0 radical (unpaired) electrons. The first-order chi connectivity index (χ1) is 13.7. The van der Waals surface area contributed by atoms with E-state index in [0.717, 1.165) is 24.1 Å². The second-order valence-electron chi connectivity index (χ2n) is 7.01. The SMILES string of the molecule is COc1cccc(CNCCC2=CCCCC2)c1OCc1ccc(F)cc1Cl. The van der Waals surface area contributed by atoms with Crippen LogP contribution in [0.2, 0.25) is 5.02 Å². The van der Waals surface area contributed by atoms with Crippen LogP contribution in [-0.4, -0.2) is 13.7 Å². The van der Waals surface area contributed by atoms with Crippen molar-refractivity contribution in [1.29, 1.82) is 0 Å². The Morgan fingerprint density at radius 1 is 1.14 bits per heavy atom. The molecule has 0 bridgehead atoms. The van der Waals surface area contributed by atoms with Crippen LogP contribution >= 0.6 is 11.6 Å². The summed E-state index contributed by atoms with van der Waals surface area (Å²) in [7, 11) is 1.62. The number of hydrogen-bond donors (Lipinski definition) is 1. The van der Waals surface area contributed by atoms with Gasteiger partial charge in [0.25, 0.3) is 0 Å². The van der Waals surface area contributed by atoms with Crippen molar-refractivity contribution in [1.82, 2.24) is 5.32 Å². The Bertz CT molecular complexity index is 822. The Balaban J connectivity index is 1.61. The maximum atomic E-state index is 13.2. The molecule has 0 aliphatic heterocycles.